The minimum absolute atomic E-state index is 0.270. The minimum atomic E-state index is -3.63. The number of hydrogen-bond donors (Lipinski definition) is 2. The van der Waals surface area contributed by atoms with Crippen molar-refractivity contribution in [2.45, 2.75) is 45.1 Å². The number of rotatable bonds is 6. The summed E-state index contributed by atoms with van der Waals surface area (Å²) in [5, 5.41) is 3.29. The maximum Gasteiger partial charge on any atom is 0.263 e. The maximum absolute atomic E-state index is 12.5. The first-order chi connectivity index (χ1) is 10.8. The summed E-state index contributed by atoms with van der Waals surface area (Å²) >= 11 is 0. The molecule has 0 aliphatic carbocycles. The number of nitrogens with one attached hydrogen (secondary N) is 2. The molecule has 0 bridgehead atoms. The summed E-state index contributed by atoms with van der Waals surface area (Å²) in [6, 6.07) is 9.07. The lowest BCUT2D eigenvalue weighted by molar-refractivity contribution is 0.600. The largest absolute Gasteiger partial charge is 0.381 e. The van der Waals surface area contributed by atoms with Gasteiger partial charge in [0, 0.05) is 6.04 Å². The van der Waals surface area contributed by atoms with Crippen molar-refractivity contribution < 1.29 is 8.42 Å². The Bertz CT molecular complexity index is 771. The van der Waals surface area contributed by atoms with E-state index in [-0.39, 0.29) is 4.90 Å². The van der Waals surface area contributed by atoms with E-state index in [0.29, 0.717) is 17.4 Å². The van der Waals surface area contributed by atoms with Crippen LogP contribution in [0.4, 0.5) is 11.5 Å². The highest BCUT2D eigenvalue weighted by Crippen LogP contribution is 2.20. The summed E-state index contributed by atoms with van der Waals surface area (Å²) in [5.41, 5.74) is 2.61. The lowest BCUT2D eigenvalue weighted by atomic mass is 10.2. The van der Waals surface area contributed by atoms with Gasteiger partial charge in [-0.25, -0.2) is 13.4 Å². The Morgan fingerprint density at radius 1 is 1.17 bits per heavy atom. The van der Waals surface area contributed by atoms with Gasteiger partial charge in [-0.05, 0) is 51.0 Å². The van der Waals surface area contributed by atoms with Gasteiger partial charge in [-0.1, -0.05) is 24.6 Å². The number of sulfonamides is 1. The van der Waals surface area contributed by atoms with Gasteiger partial charge in [-0.2, -0.15) is 0 Å². The van der Waals surface area contributed by atoms with E-state index in [1.54, 1.807) is 31.3 Å². The SMILES string of the molecule is CCC(C)Nc1ccc(NS(=O)(=O)c2ccc(C)cc2C)nc1. The molecule has 1 unspecified atom stereocenters. The zero-order valence-electron chi connectivity index (χ0n) is 13.9. The third-order valence-electron chi connectivity index (χ3n) is 3.65. The second-order valence-electron chi connectivity index (χ2n) is 5.76. The number of aromatic nitrogens is 1. The summed E-state index contributed by atoms with van der Waals surface area (Å²) in [6.45, 7) is 7.89. The van der Waals surface area contributed by atoms with Gasteiger partial charge < -0.3 is 5.32 Å². The van der Waals surface area contributed by atoms with Crippen LogP contribution in [0.25, 0.3) is 0 Å². The second-order valence-corrected chi connectivity index (χ2v) is 7.41. The highest BCUT2D eigenvalue weighted by molar-refractivity contribution is 7.92. The zero-order chi connectivity index (χ0) is 17.0. The van der Waals surface area contributed by atoms with Crippen LogP contribution in [0.3, 0.4) is 0 Å². The van der Waals surface area contributed by atoms with Gasteiger partial charge in [0.05, 0.1) is 16.8 Å². The predicted octanol–water partition coefficient (Wildman–Crippen LogP) is 3.71. The molecule has 0 spiro atoms. The standard InChI is InChI=1S/C17H23N3O2S/c1-5-14(4)19-15-7-9-17(18-11-15)20-23(21,22)16-8-6-12(2)10-13(16)3/h6-11,14,19H,5H2,1-4H3,(H,18,20). The van der Waals surface area contributed by atoms with Crippen molar-refractivity contribution in [2.75, 3.05) is 10.0 Å². The summed E-state index contributed by atoms with van der Waals surface area (Å²) in [4.78, 5) is 4.44. The van der Waals surface area contributed by atoms with Crippen molar-refractivity contribution in [3.8, 4) is 0 Å². The van der Waals surface area contributed by atoms with Crippen molar-refractivity contribution >= 4 is 21.5 Å². The first-order valence-electron chi connectivity index (χ1n) is 7.64. The van der Waals surface area contributed by atoms with Gasteiger partial charge in [0.2, 0.25) is 0 Å². The van der Waals surface area contributed by atoms with Gasteiger partial charge in [-0.15, -0.1) is 0 Å². The normalized spacial score (nSPS) is 12.7. The zero-order valence-corrected chi connectivity index (χ0v) is 14.7. The smallest absolute Gasteiger partial charge is 0.263 e. The van der Waals surface area contributed by atoms with Crippen LogP contribution in [-0.4, -0.2) is 19.4 Å². The molecule has 0 aliphatic rings. The molecular formula is C17H23N3O2S. The summed E-state index contributed by atoms with van der Waals surface area (Å²) in [6.07, 6.45) is 2.63. The fourth-order valence-electron chi connectivity index (χ4n) is 2.22. The minimum Gasteiger partial charge on any atom is -0.381 e. The fourth-order valence-corrected chi connectivity index (χ4v) is 3.46. The molecule has 0 aliphatic heterocycles. The topological polar surface area (TPSA) is 71.1 Å². The van der Waals surface area contributed by atoms with E-state index in [9.17, 15) is 8.42 Å². The Hall–Kier alpha value is -2.08. The molecule has 23 heavy (non-hydrogen) atoms. The monoisotopic (exact) mass is 333 g/mol. The molecule has 0 saturated heterocycles. The lowest BCUT2D eigenvalue weighted by Gasteiger charge is -2.14. The molecule has 1 aromatic carbocycles. The van der Waals surface area contributed by atoms with Crippen LogP contribution in [0, 0.1) is 13.8 Å². The molecular weight excluding hydrogens is 310 g/mol. The average molecular weight is 333 g/mol. The van der Waals surface area contributed by atoms with Crippen molar-refractivity contribution in [3.63, 3.8) is 0 Å². The number of hydrogen-bond acceptors (Lipinski definition) is 4. The molecule has 2 rings (SSSR count). The van der Waals surface area contributed by atoms with E-state index in [2.05, 4.69) is 28.9 Å². The predicted molar refractivity (Wildman–Crippen MR) is 94.3 cm³/mol. The Morgan fingerprint density at radius 3 is 2.48 bits per heavy atom. The number of pyridine rings is 1. The Labute approximate surface area is 138 Å². The van der Waals surface area contributed by atoms with E-state index in [1.165, 1.54) is 0 Å². The van der Waals surface area contributed by atoms with Crippen LogP contribution >= 0.6 is 0 Å². The summed E-state index contributed by atoms with van der Waals surface area (Å²) in [5.74, 6) is 0.305. The average Bonchev–Trinajstić information content (AvgIpc) is 2.48. The number of benzene rings is 1. The first-order valence-corrected chi connectivity index (χ1v) is 9.13. The Balaban J connectivity index is 2.17. The number of nitrogens with zero attached hydrogens (tertiary/aromatic N) is 1. The number of aryl methyl sites for hydroxylation is 2. The van der Waals surface area contributed by atoms with Gasteiger partial charge in [0.25, 0.3) is 10.0 Å². The van der Waals surface area contributed by atoms with Crippen LogP contribution in [0.5, 0.6) is 0 Å². The highest BCUT2D eigenvalue weighted by Gasteiger charge is 2.17. The Kier molecular flexibility index (Phi) is 5.26. The molecule has 1 aromatic heterocycles. The van der Waals surface area contributed by atoms with Crippen molar-refractivity contribution in [1.82, 2.24) is 4.98 Å². The second kappa shape index (κ2) is 7.00. The molecule has 0 radical (unpaired) electrons. The van der Waals surface area contributed by atoms with E-state index in [0.717, 1.165) is 17.7 Å². The van der Waals surface area contributed by atoms with Crippen LogP contribution in [0.15, 0.2) is 41.4 Å². The van der Waals surface area contributed by atoms with E-state index >= 15 is 0 Å². The summed E-state index contributed by atoms with van der Waals surface area (Å²) < 4.78 is 27.5. The van der Waals surface area contributed by atoms with Gasteiger partial charge in [-0.3, -0.25) is 4.72 Å². The molecule has 6 heteroatoms. The molecule has 2 aromatic rings. The first kappa shape index (κ1) is 17.3. The highest BCUT2D eigenvalue weighted by atomic mass is 32.2. The quantitative estimate of drug-likeness (QED) is 0.845. The molecule has 0 fully saturated rings. The Morgan fingerprint density at radius 2 is 1.91 bits per heavy atom. The third-order valence-corrected chi connectivity index (χ3v) is 5.16. The van der Waals surface area contributed by atoms with Gasteiger partial charge >= 0.3 is 0 Å². The number of anilines is 2. The molecule has 0 saturated carbocycles. The van der Waals surface area contributed by atoms with E-state index in [4.69, 9.17) is 0 Å². The van der Waals surface area contributed by atoms with Crippen molar-refractivity contribution in [2.24, 2.45) is 0 Å². The van der Waals surface area contributed by atoms with Gasteiger partial charge in [0.1, 0.15) is 5.82 Å². The van der Waals surface area contributed by atoms with Crippen molar-refractivity contribution in [3.05, 3.63) is 47.7 Å². The molecule has 1 heterocycles. The molecule has 0 amide bonds. The molecule has 2 N–H and O–H groups in total. The van der Waals surface area contributed by atoms with E-state index in [1.807, 2.05) is 19.1 Å². The van der Waals surface area contributed by atoms with Crippen LogP contribution in [0.2, 0.25) is 0 Å². The van der Waals surface area contributed by atoms with Crippen LogP contribution in [-0.2, 0) is 10.0 Å². The lowest BCUT2D eigenvalue weighted by Crippen LogP contribution is -2.16. The summed E-state index contributed by atoms with van der Waals surface area (Å²) in [7, 11) is -3.63. The van der Waals surface area contributed by atoms with E-state index < -0.39 is 10.0 Å². The third kappa shape index (κ3) is 4.45. The maximum atomic E-state index is 12.5. The van der Waals surface area contributed by atoms with Gasteiger partial charge in [0.15, 0.2) is 0 Å². The van der Waals surface area contributed by atoms with Crippen molar-refractivity contribution in [1.29, 1.82) is 0 Å². The van der Waals surface area contributed by atoms with Crippen LogP contribution < -0.4 is 10.0 Å². The molecule has 5 nitrogen and oxygen atoms in total. The molecule has 1 atom stereocenters. The fraction of sp³-hybridized carbons (Fsp3) is 0.353. The molecule has 124 valence electrons. The van der Waals surface area contributed by atoms with Crippen LogP contribution in [0.1, 0.15) is 31.4 Å².